The number of hydrogen-bond donors (Lipinski definition) is 1. The molecule has 122 valence electrons. The second kappa shape index (κ2) is 7.36. The van der Waals surface area contributed by atoms with Crippen LogP contribution in [0, 0.1) is 6.92 Å². The van der Waals surface area contributed by atoms with Crippen molar-refractivity contribution in [3.63, 3.8) is 0 Å². The highest BCUT2D eigenvalue weighted by Gasteiger charge is 2.12. The van der Waals surface area contributed by atoms with E-state index in [0.29, 0.717) is 11.4 Å². The Balaban J connectivity index is 1.59. The second-order valence-electron chi connectivity index (χ2n) is 5.33. The first-order valence-corrected chi connectivity index (χ1v) is 8.24. The third kappa shape index (κ3) is 4.26. The minimum absolute atomic E-state index is 0.250. The van der Waals surface area contributed by atoms with Gasteiger partial charge in [-0.1, -0.05) is 33.6 Å². The zero-order chi connectivity index (χ0) is 16.9. The van der Waals surface area contributed by atoms with Crippen LogP contribution in [0.4, 0.5) is 5.69 Å². The lowest BCUT2D eigenvalue weighted by Crippen LogP contribution is -2.10. The molecule has 0 aliphatic heterocycles. The fourth-order valence-electron chi connectivity index (χ4n) is 2.09. The minimum Gasteiger partial charge on any atom is -0.486 e. The summed E-state index contributed by atoms with van der Waals surface area (Å²) in [7, 11) is 0. The molecule has 5 heteroatoms. The molecule has 0 spiro atoms. The molecule has 0 aliphatic rings. The molecule has 1 N–H and O–H groups in total. The van der Waals surface area contributed by atoms with Gasteiger partial charge in [0.25, 0.3) is 5.91 Å². The molecule has 0 atom stereocenters. The predicted molar refractivity (Wildman–Crippen MR) is 96.3 cm³/mol. The Hall–Kier alpha value is -2.53. The largest absolute Gasteiger partial charge is 0.486 e. The topological polar surface area (TPSA) is 51.5 Å². The first-order valence-electron chi connectivity index (χ1n) is 7.45. The highest BCUT2D eigenvalue weighted by atomic mass is 79.9. The first kappa shape index (κ1) is 16.3. The zero-order valence-electron chi connectivity index (χ0n) is 13.1. The number of anilines is 1. The Morgan fingerprint density at radius 3 is 2.46 bits per heavy atom. The van der Waals surface area contributed by atoms with Crippen molar-refractivity contribution in [1.82, 2.24) is 0 Å². The number of hydrogen-bond acceptors (Lipinski definition) is 3. The molecule has 4 nitrogen and oxygen atoms in total. The number of nitrogens with one attached hydrogen (secondary N) is 1. The van der Waals surface area contributed by atoms with E-state index in [1.165, 1.54) is 5.56 Å². The van der Waals surface area contributed by atoms with E-state index >= 15 is 0 Å². The molecular weight excluding hydrogens is 370 g/mol. The fourth-order valence-corrected chi connectivity index (χ4v) is 2.36. The maximum absolute atomic E-state index is 12.2. The molecule has 1 aromatic heterocycles. The van der Waals surface area contributed by atoms with Crippen LogP contribution < -0.4 is 10.1 Å². The predicted octanol–water partition coefficient (Wildman–Crippen LogP) is 5.18. The van der Waals surface area contributed by atoms with Crippen LogP contribution in [0.15, 0.2) is 69.6 Å². The second-order valence-corrected chi connectivity index (χ2v) is 6.24. The van der Waals surface area contributed by atoms with Gasteiger partial charge in [-0.05, 0) is 55.5 Å². The number of halogens is 1. The van der Waals surface area contributed by atoms with Crippen molar-refractivity contribution >= 4 is 27.5 Å². The molecule has 0 unspecified atom stereocenters. The number of rotatable bonds is 5. The molecule has 0 bridgehead atoms. The van der Waals surface area contributed by atoms with Crippen LogP contribution in [-0.4, -0.2) is 5.91 Å². The maximum atomic E-state index is 12.2. The SMILES string of the molecule is Cc1ccc(OCc2ccc(C(=O)Nc3ccc(Br)cc3)o2)cc1. The Kier molecular flexibility index (Phi) is 5.01. The normalized spacial score (nSPS) is 10.4. The van der Waals surface area contributed by atoms with Crippen molar-refractivity contribution in [2.75, 3.05) is 5.32 Å². The number of benzene rings is 2. The van der Waals surface area contributed by atoms with E-state index in [1.807, 2.05) is 55.5 Å². The van der Waals surface area contributed by atoms with Gasteiger partial charge in [-0.2, -0.15) is 0 Å². The van der Waals surface area contributed by atoms with Crippen LogP contribution in [0.2, 0.25) is 0 Å². The molecule has 0 saturated carbocycles. The molecular formula is C19H16BrNO3. The Bertz CT molecular complexity index is 823. The average molecular weight is 386 g/mol. The maximum Gasteiger partial charge on any atom is 0.291 e. The van der Waals surface area contributed by atoms with E-state index in [1.54, 1.807) is 12.1 Å². The summed E-state index contributed by atoms with van der Waals surface area (Å²) >= 11 is 3.36. The lowest BCUT2D eigenvalue weighted by Gasteiger charge is -2.05. The summed E-state index contributed by atoms with van der Waals surface area (Å²) in [5.41, 5.74) is 1.88. The number of ether oxygens (including phenoxy) is 1. The molecule has 0 fully saturated rings. The molecule has 0 radical (unpaired) electrons. The zero-order valence-corrected chi connectivity index (χ0v) is 14.7. The third-order valence-corrected chi connectivity index (χ3v) is 3.92. The summed E-state index contributed by atoms with van der Waals surface area (Å²) < 4.78 is 12.1. The van der Waals surface area contributed by atoms with Crippen molar-refractivity contribution in [3.05, 3.63) is 82.2 Å². The highest BCUT2D eigenvalue weighted by molar-refractivity contribution is 9.10. The van der Waals surface area contributed by atoms with Crippen molar-refractivity contribution < 1.29 is 13.9 Å². The van der Waals surface area contributed by atoms with Gasteiger partial charge in [-0.3, -0.25) is 4.79 Å². The first-order chi connectivity index (χ1) is 11.6. The van der Waals surface area contributed by atoms with Gasteiger partial charge < -0.3 is 14.5 Å². The van der Waals surface area contributed by atoms with Crippen molar-refractivity contribution in [2.24, 2.45) is 0 Å². The van der Waals surface area contributed by atoms with Crippen LogP contribution in [-0.2, 0) is 6.61 Å². The van der Waals surface area contributed by atoms with Gasteiger partial charge in [0.15, 0.2) is 5.76 Å². The van der Waals surface area contributed by atoms with Crippen LogP contribution >= 0.6 is 15.9 Å². The van der Waals surface area contributed by atoms with Gasteiger partial charge in [0.05, 0.1) is 0 Å². The Labute approximate surface area is 148 Å². The van der Waals surface area contributed by atoms with Crippen LogP contribution in [0.25, 0.3) is 0 Å². The van der Waals surface area contributed by atoms with Gasteiger partial charge in [0, 0.05) is 10.2 Å². The third-order valence-electron chi connectivity index (χ3n) is 3.39. The summed E-state index contributed by atoms with van der Waals surface area (Å²) in [6.07, 6.45) is 0. The van der Waals surface area contributed by atoms with Gasteiger partial charge in [0.1, 0.15) is 18.1 Å². The molecule has 0 aliphatic carbocycles. The number of carbonyl (C=O) groups is 1. The molecule has 1 amide bonds. The molecule has 2 aromatic carbocycles. The summed E-state index contributed by atoms with van der Waals surface area (Å²) in [5, 5.41) is 2.78. The number of amides is 1. The summed E-state index contributed by atoms with van der Waals surface area (Å²) in [6, 6.07) is 18.5. The van der Waals surface area contributed by atoms with Crippen molar-refractivity contribution in [3.8, 4) is 5.75 Å². The van der Waals surface area contributed by atoms with Crippen LogP contribution in [0.5, 0.6) is 5.75 Å². The molecule has 24 heavy (non-hydrogen) atoms. The molecule has 3 rings (SSSR count). The summed E-state index contributed by atoms with van der Waals surface area (Å²) in [6.45, 7) is 2.29. The minimum atomic E-state index is -0.293. The van der Waals surface area contributed by atoms with Gasteiger partial charge in [-0.25, -0.2) is 0 Å². The summed E-state index contributed by atoms with van der Waals surface area (Å²) in [4.78, 5) is 12.2. The average Bonchev–Trinajstić information content (AvgIpc) is 3.06. The number of carbonyl (C=O) groups excluding carboxylic acids is 1. The van der Waals surface area contributed by atoms with Gasteiger partial charge in [0.2, 0.25) is 0 Å². The fraction of sp³-hybridized carbons (Fsp3) is 0.105. The van der Waals surface area contributed by atoms with E-state index < -0.39 is 0 Å². The van der Waals surface area contributed by atoms with E-state index in [9.17, 15) is 4.79 Å². The lowest BCUT2D eigenvalue weighted by atomic mass is 10.2. The number of furan rings is 1. The van der Waals surface area contributed by atoms with Crippen molar-refractivity contribution in [1.29, 1.82) is 0 Å². The summed E-state index contributed by atoms with van der Waals surface area (Å²) in [5.74, 6) is 1.31. The van der Waals surface area contributed by atoms with Crippen LogP contribution in [0.3, 0.4) is 0 Å². The molecule has 1 heterocycles. The Morgan fingerprint density at radius 1 is 1.04 bits per heavy atom. The monoisotopic (exact) mass is 385 g/mol. The van der Waals surface area contributed by atoms with Crippen molar-refractivity contribution in [2.45, 2.75) is 13.5 Å². The highest BCUT2D eigenvalue weighted by Crippen LogP contribution is 2.18. The number of aryl methyl sites for hydroxylation is 1. The van der Waals surface area contributed by atoms with E-state index in [0.717, 1.165) is 10.2 Å². The quantitative estimate of drug-likeness (QED) is 0.657. The van der Waals surface area contributed by atoms with Gasteiger partial charge >= 0.3 is 0 Å². The molecule has 3 aromatic rings. The van der Waals surface area contributed by atoms with E-state index in [2.05, 4.69) is 21.2 Å². The lowest BCUT2D eigenvalue weighted by molar-refractivity contribution is 0.0992. The smallest absolute Gasteiger partial charge is 0.291 e. The van der Waals surface area contributed by atoms with Gasteiger partial charge in [-0.15, -0.1) is 0 Å². The van der Waals surface area contributed by atoms with Crippen LogP contribution in [0.1, 0.15) is 21.9 Å². The van der Waals surface area contributed by atoms with E-state index in [4.69, 9.17) is 9.15 Å². The van der Waals surface area contributed by atoms with E-state index in [-0.39, 0.29) is 18.3 Å². The standard InChI is InChI=1S/C19H16BrNO3/c1-13-2-8-16(9-3-13)23-12-17-10-11-18(24-17)19(22)21-15-6-4-14(20)5-7-15/h2-11H,12H2,1H3,(H,21,22). The Morgan fingerprint density at radius 2 is 1.75 bits per heavy atom. The molecule has 0 saturated heterocycles.